The summed E-state index contributed by atoms with van der Waals surface area (Å²) in [5, 5.41) is 0. The van der Waals surface area contributed by atoms with Crippen molar-refractivity contribution >= 4 is 17.9 Å². The summed E-state index contributed by atoms with van der Waals surface area (Å²) in [5.41, 5.74) is 0. The number of hydrogen-bond donors (Lipinski definition) is 0. The Morgan fingerprint density at radius 3 is 0.746 bits per heavy atom. The Kier molecular flexibility index (Phi) is 55.2. The first-order chi connectivity index (χ1) is 33.0. The number of esters is 3. The third kappa shape index (κ3) is 55.0. The van der Waals surface area contributed by atoms with Crippen molar-refractivity contribution in [1.29, 1.82) is 0 Å². The van der Waals surface area contributed by atoms with Crippen LogP contribution in [0.5, 0.6) is 0 Å². The Balaban J connectivity index is 4.26. The molecule has 0 bridgehead atoms. The van der Waals surface area contributed by atoms with E-state index in [9.17, 15) is 14.4 Å². The second kappa shape index (κ2) is 56.7. The maximum absolute atomic E-state index is 12.8. The fourth-order valence-corrected chi connectivity index (χ4v) is 9.21. The molecule has 0 rings (SSSR count). The molecule has 6 heteroatoms. The number of ether oxygens (including phenoxy) is 3. The lowest BCUT2D eigenvalue weighted by atomic mass is 10.0. The lowest BCUT2D eigenvalue weighted by Crippen LogP contribution is -2.30. The highest BCUT2D eigenvalue weighted by Crippen LogP contribution is 2.18. The minimum absolute atomic E-state index is 0.0672. The van der Waals surface area contributed by atoms with E-state index in [4.69, 9.17) is 14.2 Å². The molecule has 0 N–H and O–H groups in total. The van der Waals surface area contributed by atoms with Gasteiger partial charge in [-0.3, -0.25) is 14.4 Å². The third-order valence-corrected chi connectivity index (χ3v) is 13.8. The van der Waals surface area contributed by atoms with Gasteiger partial charge in [-0.25, -0.2) is 0 Å². The monoisotopic (exact) mass is 945 g/mol. The molecule has 0 aliphatic rings. The number of allylic oxidation sites excluding steroid dienone is 2. The fraction of sp³-hybridized carbons (Fsp3) is 0.918. The molecule has 0 aromatic carbocycles. The van der Waals surface area contributed by atoms with E-state index in [0.717, 1.165) is 64.2 Å². The van der Waals surface area contributed by atoms with Crippen molar-refractivity contribution < 1.29 is 28.6 Å². The van der Waals surface area contributed by atoms with Crippen LogP contribution in [0.2, 0.25) is 0 Å². The molecule has 0 saturated heterocycles. The Morgan fingerprint density at radius 1 is 0.284 bits per heavy atom. The average molecular weight is 946 g/mol. The van der Waals surface area contributed by atoms with Gasteiger partial charge in [-0.05, 0) is 44.9 Å². The van der Waals surface area contributed by atoms with E-state index in [0.29, 0.717) is 19.3 Å². The summed E-state index contributed by atoms with van der Waals surface area (Å²) in [6, 6.07) is 0. The van der Waals surface area contributed by atoms with Gasteiger partial charge in [0.15, 0.2) is 6.10 Å². The van der Waals surface area contributed by atoms with Crippen molar-refractivity contribution in [3.05, 3.63) is 12.2 Å². The van der Waals surface area contributed by atoms with Crippen molar-refractivity contribution in [3.63, 3.8) is 0 Å². The van der Waals surface area contributed by atoms with Crippen molar-refractivity contribution in [3.8, 4) is 0 Å². The maximum Gasteiger partial charge on any atom is 0.306 e. The predicted octanol–water partition coefficient (Wildman–Crippen LogP) is 20.1. The second-order valence-electron chi connectivity index (χ2n) is 20.6. The number of rotatable bonds is 56. The van der Waals surface area contributed by atoms with E-state index >= 15 is 0 Å². The van der Waals surface area contributed by atoms with Crippen LogP contribution in [-0.4, -0.2) is 37.2 Å². The molecule has 0 aliphatic heterocycles. The highest BCUT2D eigenvalue weighted by molar-refractivity contribution is 5.71. The molecule has 0 aliphatic carbocycles. The van der Waals surface area contributed by atoms with Gasteiger partial charge in [0.1, 0.15) is 13.2 Å². The first-order valence-electron chi connectivity index (χ1n) is 30.2. The van der Waals surface area contributed by atoms with Crippen LogP contribution in [0.1, 0.15) is 342 Å². The number of unbranched alkanes of at least 4 members (excludes halogenated alkanes) is 43. The van der Waals surface area contributed by atoms with E-state index in [1.807, 2.05) is 0 Å². The second-order valence-corrected chi connectivity index (χ2v) is 20.6. The van der Waals surface area contributed by atoms with Gasteiger partial charge < -0.3 is 14.2 Å². The van der Waals surface area contributed by atoms with Gasteiger partial charge in [0.05, 0.1) is 0 Å². The highest BCUT2D eigenvalue weighted by atomic mass is 16.6. The molecule has 0 spiro atoms. The summed E-state index contributed by atoms with van der Waals surface area (Å²) in [5.74, 6) is -0.850. The first kappa shape index (κ1) is 65.1. The molecule has 0 saturated carbocycles. The predicted molar refractivity (Wildman–Crippen MR) is 289 cm³/mol. The average Bonchev–Trinajstić information content (AvgIpc) is 3.33. The molecule has 67 heavy (non-hydrogen) atoms. The summed E-state index contributed by atoms with van der Waals surface area (Å²) < 4.78 is 16.9. The lowest BCUT2D eigenvalue weighted by Gasteiger charge is -2.18. The normalized spacial score (nSPS) is 12.0. The Labute approximate surface area is 418 Å². The first-order valence-corrected chi connectivity index (χ1v) is 30.2. The van der Waals surface area contributed by atoms with E-state index in [1.165, 1.54) is 238 Å². The molecular formula is C61H116O6. The smallest absolute Gasteiger partial charge is 0.306 e. The summed E-state index contributed by atoms with van der Waals surface area (Å²) in [7, 11) is 0. The molecule has 6 nitrogen and oxygen atoms in total. The van der Waals surface area contributed by atoms with E-state index < -0.39 is 6.10 Å². The van der Waals surface area contributed by atoms with Crippen molar-refractivity contribution in [2.75, 3.05) is 13.2 Å². The summed E-state index contributed by atoms with van der Waals surface area (Å²) in [6.07, 6.45) is 64.9. The van der Waals surface area contributed by atoms with E-state index in [1.54, 1.807) is 0 Å². The number of carbonyl (C=O) groups is 3. The van der Waals surface area contributed by atoms with E-state index in [2.05, 4.69) is 32.9 Å². The Bertz CT molecular complexity index is 1040. The van der Waals surface area contributed by atoms with Crippen LogP contribution in [0.15, 0.2) is 12.2 Å². The van der Waals surface area contributed by atoms with Gasteiger partial charge >= 0.3 is 17.9 Å². The van der Waals surface area contributed by atoms with Gasteiger partial charge in [0.25, 0.3) is 0 Å². The summed E-state index contributed by atoms with van der Waals surface area (Å²) in [4.78, 5) is 38.2. The van der Waals surface area contributed by atoms with Crippen molar-refractivity contribution in [2.45, 2.75) is 348 Å². The van der Waals surface area contributed by atoms with E-state index in [-0.39, 0.29) is 31.1 Å². The molecule has 0 fully saturated rings. The molecule has 1 unspecified atom stereocenters. The lowest BCUT2D eigenvalue weighted by molar-refractivity contribution is -0.167. The summed E-state index contributed by atoms with van der Waals surface area (Å²) >= 11 is 0. The highest BCUT2D eigenvalue weighted by Gasteiger charge is 2.19. The van der Waals surface area contributed by atoms with Crippen LogP contribution in [0.4, 0.5) is 0 Å². The molecule has 0 heterocycles. The standard InChI is InChI=1S/C61H116O6/c1-4-7-10-13-16-19-22-25-28-29-30-31-32-33-34-37-39-42-45-48-51-54-60(63)66-57-58(67-61(64)55-52-49-46-43-40-36-27-24-21-18-15-12-9-6-3)56-65-59(62)53-50-47-44-41-38-35-26-23-20-17-14-11-8-5-2/h24,27,58H,4-23,25-26,28-57H2,1-3H3/b27-24-. The maximum atomic E-state index is 12.8. The van der Waals surface area contributed by atoms with Crippen molar-refractivity contribution in [1.82, 2.24) is 0 Å². The molecule has 0 radical (unpaired) electrons. The van der Waals surface area contributed by atoms with Crippen LogP contribution in [0.25, 0.3) is 0 Å². The number of carbonyl (C=O) groups excluding carboxylic acids is 3. The molecule has 396 valence electrons. The zero-order valence-corrected chi connectivity index (χ0v) is 45.5. The fourth-order valence-electron chi connectivity index (χ4n) is 9.21. The zero-order valence-electron chi connectivity index (χ0n) is 45.5. The Hall–Kier alpha value is -1.85. The van der Waals surface area contributed by atoms with Gasteiger partial charge in [-0.1, -0.05) is 290 Å². The topological polar surface area (TPSA) is 78.9 Å². The minimum Gasteiger partial charge on any atom is -0.462 e. The molecule has 0 amide bonds. The number of hydrogen-bond acceptors (Lipinski definition) is 6. The quantitative estimate of drug-likeness (QED) is 0.0262. The SMILES string of the molecule is CCCCCCC/C=C\CCCCCCCC(=O)OC(COC(=O)CCCCCCCCCCCCCCCC)COC(=O)CCCCCCCCCCCCCCCCCCCCCCC. The van der Waals surface area contributed by atoms with Gasteiger partial charge in [-0.15, -0.1) is 0 Å². The molecular weight excluding hydrogens is 829 g/mol. The third-order valence-electron chi connectivity index (χ3n) is 13.8. The molecule has 1 atom stereocenters. The summed E-state index contributed by atoms with van der Waals surface area (Å²) in [6.45, 7) is 6.69. The largest absolute Gasteiger partial charge is 0.462 e. The van der Waals surface area contributed by atoms with Gasteiger partial charge in [-0.2, -0.15) is 0 Å². The van der Waals surface area contributed by atoms with Crippen LogP contribution in [0, 0.1) is 0 Å². The van der Waals surface area contributed by atoms with Gasteiger partial charge in [0.2, 0.25) is 0 Å². The van der Waals surface area contributed by atoms with Crippen molar-refractivity contribution in [2.24, 2.45) is 0 Å². The zero-order chi connectivity index (χ0) is 48.6. The molecule has 0 aromatic rings. The van der Waals surface area contributed by atoms with Crippen LogP contribution in [-0.2, 0) is 28.6 Å². The van der Waals surface area contributed by atoms with Crippen LogP contribution < -0.4 is 0 Å². The van der Waals surface area contributed by atoms with Crippen LogP contribution >= 0.6 is 0 Å². The van der Waals surface area contributed by atoms with Gasteiger partial charge in [0, 0.05) is 19.3 Å². The Morgan fingerprint density at radius 2 is 0.493 bits per heavy atom. The van der Waals surface area contributed by atoms with Crippen LogP contribution in [0.3, 0.4) is 0 Å². The molecule has 0 aromatic heterocycles. The minimum atomic E-state index is -0.769.